The summed E-state index contributed by atoms with van der Waals surface area (Å²) >= 11 is 6.10. The first-order valence-electron chi connectivity index (χ1n) is 6.01. The minimum atomic E-state index is -0.657. The van der Waals surface area contributed by atoms with Crippen molar-refractivity contribution in [2.75, 3.05) is 0 Å². The van der Waals surface area contributed by atoms with Gasteiger partial charge in [-0.1, -0.05) is 23.7 Å². The van der Waals surface area contributed by atoms with Gasteiger partial charge in [0.1, 0.15) is 6.10 Å². The van der Waals surface area contributed by atoms with E-state index in [0.29, 0.717) is 5.02 Å². The summed E-state index contributed by atoms with van der Waals surface area (Å²) in [5.74, 6) is 0. The highest BCUT2D eigenvalue weighted by Gasteiger charge is 2.17. The minimum Gasteiger partial charge on any atom is -0.382 e. The second-order valence-corrected chi connectivity index (χ2v) is 5.23. The van der Waals surface area contributed by atoms with E-state index in [1.54, 1.807) is 0 Å². The molecular weight excluding hydrogens is 246 g/mol. The van der Waals surface area contributed by atoms with Crippen LogP contribution < -0.4 is 0 Å². The summed E-state index contributed by atoms with van der Waals surface area (Å²) in [6.45, 7) is 8.04. The number of aromatic amines is 1. The van der Waals surface area contributed by atoms with E-state index in [1.807, 2.05) is 39.0 Å². The van der Waals surface area contributed by atoms with Gasteiger partial charge in [-0.3, -0.25) is 0 Å². The molecule has 0 aliphatic rings. The topological polar surface area (TPSA) is 36.0 Å². The van der Waals surface area contributed by atoms with E-state index >= 15 is 0 Å². The van der Waals surface area contributed by atoms with Crippen molar-refractivity contribution in [3.05, 3.63) is 56.9 Å². The first-order chi connectivity index (χ1) is 8.41. The van der Waals surface area contributed by atoms with Crippen LogP contribution in [-0.2, 0) is 0 Å². The Bertz CT molecular complexity index is 586. The highest BCUT2D eigenvalue weighted by molar-refractivity contribution is 6.31. The monoisotopic (exact) mass is 263 g/mol. The van der Waals surface area contributed by atoms with Gasteiger partial charge in [0.25, 0.3) is 0 Å². The molecule has 0 spiro atoms. The Morgan fingerprint density at radius 3 is 2.28 bits per heavy atom. The van der Waals surface area contributed by atoms with E-state index in [9.17, 15) is 5.11 Å². The average molecular weight is 264 g/mol. The van der Waals surface area contributed by atoms with Crippen molar-refractivity contribution in [2.45, 2.75) is 33.8 Å². The zero-order valence-electron chi connectivity index (χ0n) is 11.1. The molecule has 18 heavy (non-hydrogen) atoms. The van der Waals surface area contributed by atoms with Crippen molar-refractivity contribution >= 4 is 11.6 Å². The number of aryl methyl sites for hydroxylation is 2. The maximum atomic E-state index is 10.4. The molecule has 0 aliphatic heterocycles. The SMILES string of the molecule is Cc1ccc(C(O)c2[nH]c(C)c(C)c2C)cc1Cl. The number of hydrogen-bond donors (Lipinski definition) is 2. The molecule has 2 nitrogen and oxygen atoms in total. The van der Waals surface area contributed by atoms with Gasteiger partial charge in [0.05, 0.1) is 5.69 Å². The van der Waals surface area contributed by atoms with Crippen LogP contribution in [0.3, 0.4) is 0 Å². The third-order valence-electron chi connectivity index (χ3n) is 3.64. The summed E-state index contributed by atoms with van der Waals surface area (Å²) in [5.41, 5.74) is 6.08. The van der Waals surface area contributed by atoms with E-state index in [4.69, 9.17) is 11.6 Å². The van der Waals surface area contributed by atoms with E-state index in [1.165, 1.54) is 5.56 Å². The van der Waals surface area contributed by atoms with Crippen molar-refractivity contribution in [3.8, 4) is 0 Å². The van der Waals surface area contributed by atoms with Gasteiger partial charge < -0.3 is 10.1 Å². The number of hydrogen-bond acceptors (Lipinski definition) is 1. The van der Waals surface area contributed by atoms with Crippen LogP contribution in [0.1, 0.15) is 39.7 Å². The molecule has 3 heteroatoms. The van der Waals surface area contributed by atoms with Gasteiger partial charge in [0.15, 0.2) is 0 Å². The lowest BCUT2D eigenvalue weighted by Crippen LogP contribution is -2.02. The molecule has 0 saturated carbocycles. The first kappa shape index (κ1) is 13.2. The van der Waals surface area contributed by atoms with E-state index in [2.05, 4.69) is 11.9 Å². The molecule has 2 rings (SSSR count). The van der Waals surface area contributed by atoms with Crippen molar-refractivity contribution in [1.82, 2.24) is 4.98 Å². The van der Waals surface area contributed by atoms with Crippen LogP contribution >= 0.6 is 11.6 Å². The maximum Gasteiger partial charge on any atom is 0.119 e. The van der Waals surface area contributed by atoms with Crippen LogP contribution in [-0.4, -0.2) is 10.1 Å². The van der Waals surface area contributed by atoms with Gasteiger partial charge in [-0.15, -0.1) is 0 Å². The van der Waals surface area contributed by atoms with Crippen LogP contribution in [0.5, 0.6) is 0 Å². The Hall–Kier alpha value is -1.25. The Kier molecular flexibility index (Phi) is 3.51. The third kappa shape index (κ3) is 2.18. The molecule has 96 valence electrons. The van der Waals surface area contributed by atoms with E-state index in [-0.39, 0.29) is 0 Å². The van der Waals surface area contributed by atoms with Crippen molar-refractivity contribution < 1.29 is 5.11 Å². The van der Waals surface area contributed by atoms with Crippen LogP contribution in [0, 0.1) is 27.7 Å². The van der Waals surface area contributed by atoms with Crippen LogP contribution in [0.2, 0.25) is 5.02 Å². The number of H-pyrrole nitrogens is 1. The van der Waals surface area contributed by atoms with Crippen LogP contribution in [0.4, 0.5) is 0 Å². The molecular formula is C15H18ClNO. The van der Waals surface area contributed by atoms with Gasteiger partial charge in [-0.05, 0) is 56.0 Å². The second kappa shape index (κ2) is 4.79. The fraction of sp³-hybridized carbons (Fsp3) is 0.333. The van der Waals surface area contributed by atoms with Gasteiger partial charge in [-0.25, -0.2) is 0 Å². The lowest BCUT2D eigenvalue weighted by molar-refractivity contribution is 0.215. The van der Waals surface area contributed by atoms with E-state index in [0.717, 1.165) is 28.1 Å². The molecule has 1 aromatic carbocycles. The molecule has 2 N–H and O–H groups in total. The molecule has 1 aromatic heterocycles. The maximum absolute atomic E-state index is 10.4. The summed E-state index contributed by atoms with van der Waals surface area (Å²) in [6, 6.07) is 5.67. The quantitative estimate of drug-likeness (QED) is 0.845. The minimum absolute atomic E-state index is 0.657. The van der Waals surface area contributed by atoms with Crippen molar-refractivity contribution in [1.29, 1.82) is 0 Å². The van der Waals surface area contributed by atoms with E-state index < -0.39 is 6.10 Å². The fourth-order valence-electron chi connectivity index (χ4n) is 2.09. The summed E-state index contributed by atoms with van der Waals surface area (Å²) in [4.78, 5) is 3.25. The fourth-order valence-corrected chi connectivity index (χ4v) is 2.28. The summed E-state index contributed by atoms with van der Waals surface area (Å²) in [5, 5.41) is 11.1. The number of rotatable bonds is 2. The summed E-state index contributed by atoms with van der Waals surface area (Å²) < 4.78 is 0. The van der Waals surface area contributed by atoms with Gasteiger partial charge in [0.2, 0.25) is 0 Å². The molecule has 0 saturated heterocycles. The lowest BCUT2D eigenvalue weighted by Gasteiger charge is -2.12. The molecule has 0 amide bonds. The largest absolute Gasteiger partial charge is 0.382 e. The Labute approximate surface area is 113 Å². The standard InChI is InChI=1S/C15H18ClNO/c1-8-5-6-12(7-13(8)16)15(18)14-10(3)9(2)11(4)17-14/h5-7,15,17-18H,1-4H3. The lowest BCUT2D eigenvalue weighted by atomic mass is 10.0. The zero-order valence-corrected chi connectivity index (χ0v) is 11.9. The Balaban J connectivity index is 2.44. The van der Waals surface area contributed by atoms with Crippen LogP contribution in [0.15, 0.2) is 18.2 Å². The molecule has 0 bridgehead atoms. The van der Waals surface area contributed by atoms with Gasteiger partial charge in [0, 0.05) is 10.7 Å². The number of aromatic nitrogens is 1. The molecule has 2 aromatic rings. The molecule has 1 atom stereocenters. The van der Waals surface area contributed by atoms with Gasteiger partial charge >= 0.3 is 0 Å². The average Bonchev–Trinajstić information content (AvgIpc) is 2.60. The molecule has 0 aliphatic carbocycles. The number of aliphatic hydroxyl groups excluding tert-OH is 1. The molecule has 0 radical (unpaired) electrons. The summed E-state index contributed by atoms with van der Waals surface area (Å²) in [6.07, 6.45) is -0.657. The normalized spacial score (nSPS) is 12.8. The predicted octanol–water partition coefficient (Wildman–Crippen LogP) is 3.98. The smallest absolute Gasteiger partial charge is 0.119 e. The molecule has 1 unspecified atom stereocenters. The van der Waals surface area contributed by atoms with Crippen molar-refractivity contribution in [2.24, 2.45) is 0 Å². The highest BCUT2D eigenvalue weighted by atomic mass is 35.5. The third-order valence-corrected chi connectivity index (χ3v) is 4.04. The zero-order chi connectivity index (χ0) is 13.4. The molecule has 1 heterocycles. The van der Waals surface area contributed by atoms with Gasteiger partial charge in [-0.2, -0.15) is 0 Å². The Morgan fingerprint density at radius 2 is 1.78 bits per heavy atom. The highest BCUT2D eigenvalue weighted by Crippen LogP contribution is 2.29. The predicted molar refractivity (Wildman–Crippen MR) is 75.3 cm³/mol. The first-order valence-corrected chi connectivity index (χ1v) is 6.39. The molecule has 0 fully saturated rings. The Morgan fingerprint density at radius 1 is 1.11 bits per heavy atom. The summed E-state index contributed by atoms with van der Waals surface area (Å²) in [7, 11) is 0. The number of halogens is 1. The number of benzene rings is 1. The van der Waals surface area contributed by atoms with Crippen molar-refractivity contribution in [3.63, 3.8) is 0 Å². The second-order valence-electron chi connectivity index (χ2n) is 4.82. The van der Waals surface area contributed by atoms with Crippen LogP contribution in [0.25, 0.3) is 0 Å². The number of aliphatic hydroxyl groups is 1. The number of nitrogens with one attached hydrogen (secondary N) is 1.